The first-order valence-electron chi connectivity index (χ1n) is 7.79. The van der Waals surface area contributed by atoms with Gasteiger partial charge in [-0.15, -0.1) is 0 Å². The van der Waals surface area contributed by atoms with Gasteiger partial charge in [0.25, 0.3) is 0 Å². The number of hydrogen-bond donors (Lipinski definition) is 2. The van der Waals surface area contributed by atoms with Gasteiger partial charge < -0.3 is 19.7 Å². The van der Waals surface area contributed by atoms with Crippen LogP contribution in [-0.2, 0) is 0 Å². The summed E-state index contributed by atoms with van der Waals surface area (Å²) in [5, 5.41) is 20.3. The van der Waals surface area contributed by atoms with E-state index in [4.69, 9.17) is 32.7 Å². The highest BCUT2D eigenvalue weighted by atomic mass is 35.5. The molecule has 2 aromatic rings. The molecule has 0 atom stereocenters. The number of phenolic OH excluding ortho intramolecular Hbond substituents is 2. The molecule has 0 fully saturated rings. The predicted octanol–water partition coefficient (Wildman–Crippen LogP) is 5.77. The second-order valence-corrected chi connectivity index (χ2v) is 6.77. The molecule has 2 N–H and O–H groups in total. The molecule has 1 heterocycles. The van der Waals surface area contributed by atoms with Crippen molar-refractivity contribution in [3.63, 3.8) is 0 Å². The van der Waals surface area contributed by atoms with E-state index in [0.717, 1.165) is 0 Å². The molecule has 0 aliphatic carbocycles. The smallest absolute Gasteiger partial charge is 0.347 e. The molecular weight excluding hydrogens is 379 g/mol. The first-order valence-corrected chi connectivity index (χ1v) is 8.55. The van der Waals surface area contributed by atoms with E-state index in [9.17, 15) is 15.0 Å². The number of carbonyl (C=O) groups excluding carboxylic acids is 1. The van der Waals surface area contributed by atoms with Gasteiger partial charge in [-0.1, -0.05) is 29.3 Å². The second-order valence-electron chi connectivity index (χ2n) is 6.01. The molecule has 3 rings (SSSR count). The number of rotatable bonds is 1. The molecule has 1 aliphatic heterocycles. The molecule has 7 heteroatoms. The summed E-state index contributed by atoms with van der Waals surface area (Å²) < 4.78 is 11.5. The Morgan fingerprint density at radius 1 is 1.08 bits per heavy atom. The van der Waals surface area contributed by atoms with Crippen LogP contribution in [0.4, 0.5) is 0 Å². The van der Waals surface area contributed by atoms with Crippen molar-refractivity contribution in [3.05, 3.63) is 44.4 Å². The molecule has 136 valence electrons. The lowest BCUT2D eigenvalue weighted by molar-refractivity contribution is 0.0735. The SMILES string of the molecule is C/C=C(\C)c1c(Cl)c(O)c(C)c2c1Oc1c(Cl)c(O)cc(C)c1C(=O)O2. The fraction of sp³-hybridized carbons (Fsp3) is 0.211. The summed E-state index contributed by atoms with van der Waals surface area (Å²) in [6, 6.07) is 1.36. The van der Waals surface area contributed by atoms with E-state index in [2.05, 4.69) is 0 Å². The summed E-state index contributed by atoms with van der Waals surface area (Å²) in [6.45, 7) is 6.77. The van der Waals surface area contributed by atoms with Crippen LogP contribution in [0, 0.1) is 13.8 Å². The van der Waals surface area contributed by atoms with Gasteiger partial charge in [0.1, 0.15) is 22.1 Å². The van der Waals surface area contributed by atoms with Crippen molar-refractivity contribution < 1.29 is 24.5 Å². The summed E-state index contributed by atoms with van der Waals surface area (Å²) >= 11 is 12.5. The van der Waals surface area contributed by atoms with Crippen LogP contribution in [-0.4, -0.2) is 16.2 Å². The number of benzene rings is 2. The number of aromatic hydroxyl groups is 2. The first-order chi connectivity index (χ1) is 12.2. The number of phenols is 2. The highest BCUT2D eigenvalue weighted by Crippen LogP contribution is 2.53. The summed E-state index contributed by atoms with van der Waals surface area (Å²) in [5.41, 5.74) is 1.89. The summed E-state index contributed by atoms with van der Waals surface area (Å²) in [6.07, 6.45) is 1.78. The number of halogens is 2. The van der Waals surface area contributed by atoms with Gasteiger partial charge in [0.15, 0.2) is 17.2 Å². The van der Waals surface area contributed by atoms with Crippen LogP contribution >= 0.6 is 23.2 Å². The first kappa shape index (κ1) is 18.4. The maximum absolute atomic E-state index is 12.7. The third-order valence-electron chi connectivity index (χ3n) is 4.39. The Hall–Kier alpha value is -2.37. The molecule has 0 radical (unpaired) electrons. The average molecular weight is 395 g/mol. The summed E-state index contributed by atoms with van der Waals surface area (Å²) in [5.74, 6) is -0.926. The fourth-order valence-electron chi connectivity index (χ4n) is 2.83. The van der Waals surface area contributed by atoms with E-state index in [0.29, 0.717) is 16.7 Å². The van der Waals surface area contributed by atoms with E-state index >= 15 is 0 Å². The molecule has 0 spiro atoms. The van der Waals surface area contributed by atoms with Gasteiger partial charge in [0.2, 0.25) is 0 Å². The number of carbonyl (C=O) groups is 1. The predicted molar refractivity (Wildman–Crippen MR) is 100 cm³/mol. The number of aryl methyl sites for hydroxylation is 1. The van der Waals surface area contributed by atoms with Crippen molar-refractivity contribution in [3.8, 4) is 28.7 Å². The lowest BCUT2D eigenvalue weighted by Gasteiger charge is -2.18. The van der Waals surface area contributed by atoms with Crippen LogP contribution in [0.15, 0.2) is 12.1 Å². The maximum Gasteiger partial charge on any atom is 0.347 e. The largest absolute Gasteiger partial charge is 0.506 e. The fourth-order valence-corrected chi connectivity index (χ4v) is 3.40. The van der Waals surface area contributed by atoms with Crippen molar-refractivity contribution in [1.29, 1.82) is 0 Å². The lowest BCUT2D eigenvalue weighted by Crippen LogP contribution is -2.10. The van der Waals surface area contributed by atoms with Crippen molar-refractivity contribution in [1.82, 2.24) is 0 Å². The topological polar surface area (TPSA) is 76.0 Å². The minimum absolute atomic E-state index is 0.0146. The minimum atomic E-state index is -0.702. The van der Waals surface area contributed by atoms with Crippen LogP contribution in [0.3, 0.4) is 0 Å². The molecule has 0 aromatic heterocycles. The monoisotopic (exact) mass is 394 g/mol. The number of allylic oxidation sites excluding steroid dienone is 2. The molecule has 2 aromatic carbocycles. The lowest BCUT2D eigenvalue weighted by atomic mass is 10.0. The van der Waals surface area contributed by atoms with Crippen LogP contribution in [0.25, 0.3) is 5.57 Å². The molecule has 0 unspecified atom stereocenters. The Bertz CT molecular complexity index is 993. The highest BCUT2D eigenvalue weighted by molar-refractivity contribution is 6.35. The van der Waals surface area contributed by atoms with Crippen LogP contribution in [0.5, 0.6) is 28.7 Å². The summed E-state index contributed by atoms with van der Waals surface area (Å²) in [4.78, 5) is 12.7. The molecule has 26 heavy (non-hydrogen) atoms. The number of hydrogen-bond acceptors (Lipinski definition) is 5. The van der Waals surface area contributed by atoms with E-state index in [1.165, 1.54) is 6.07 Å². The number of fused-ring (bicyclic) bond motifs is 2. The number of esters is 1. The van der Waals surface area contributed by atoms with E-state index in [1.54, 1.807) is 33.8 Å². The Morgan fingerprint density at radius 2 is 1.73 bits per heavy atom. The third-order valence-corrected chi connectivity index (χ3v) is 5.12. The van der Waals surface area contributed by atoms with Crippen molar-refractivity contribution in [2.45, 2.75) is 27.7 Å². The quantitative estimate of drug-likeness (QED) is 0.474. The zero-order valence-electron chi connectivity index (χ0n) is 14.5. The van der Waals surface area contributed by atoms with Gasteiger partial charge in [0, 0.05) is 11.1 Å². The second kappa shape index (κ2) is 6.41. The van der Waals surface area contributed by atoms with E-state index < -0.39 is 5.97 Å². The zero-order chi connectivity index (χ0) is 19.3. The average Bonchev–Trinajstić information content (AvgIpc) is 2.75. The molecule has 1 aliphatic rings. The Morgan fingerprint density at radius 3 is 2.35 bits per heavy atom. The van der Waals surface area contributed by atoms with Gasteiger partial charge in [-0.2, -0.15) is 0 Å². The molecule has 0 amide bonds. The Kier molecular flexibility index (Phi) is 4.54. The standard InChI is InChI=1S/C19H16Cl2O5/c1-5-7(2)11-14(21)15(23)9(4)16-18(11)25-17-12(19(24)26-16)8(3)6-10(22)13(17)20/h5-6,22-23H,1-4H3/b7-5+. The van der Waals surface area contributed by atoms with Gasteiger partial charge in [0.05, 0.1) is 5.02 Å². The Labute approximate surface area is 160 Å². The molecule has 0 saturated carbocycles. The molecule has 5 nitrogen and oxygen atoms in total. The minimum Gasteiger partial charge on any atom is -0.506 e. The van der Waals surface area contributed by atoms with E-state index in [-0.39, 0.29) is 49.9 Å². The zero-order valence-corrected chi connectivity index (χ0v) is 16.0. The number of ether oxygens (including phenoxy) is 2. The summed E-state index contributed by atoms with van der Waals surface area (Å²) in [7, 11) is 0. The van der Waals surface area contributed by atoms with E-state index in [1.807, 2.05) is 0 Å². The maximum atomic E-state index is 12.7. The van der Waals surface area contributed by atoms with Gasteiger partial charge in [-0.05, 0) is 44.9 Å². The van der Waals surface area contributed by atoms with Gasteiger partial charge in [-0.25, -0.2) is 4.79 Å². The normalized spacial score (nSPS) is 13.5. The van der Waals surface area contributed by atoms with Gasteiger partial charge in [-0.3, -0.25) is 0 Å². The van der Waals surface area contributed by atoms with Crippen molar-refractivity contribution in [2.75, 3.05) is 0 Å². The molecule has 0 saturated heterocycles. The van der Waals surface area contributed by atoms with Crippen LogP contribution in [0.2, 0.25) is 10.0 Å². The third kappa shape index (κ3) is 2.59. The van der Waals surface area contributed by atoms with Crippen molar-refractivity contribution >= 4 is 34.7 Å². The highest BCUT2D eigenvalue weighted by Gasteiger charge is 2.33. The Balaban J connectivity index is 2.44. The van der Waals surface area contributed by atoms with Gasteiger partial charge >= 0.3 is 5.97 Å². The molecule has 0 bridgehead atoms. The molecular formula is C19H16Cl2O5. The van der Waals surface area contributed by atoms with Crippen molar-refractivity contribution in [2.24, 2.45) is 0 Å². The van der Waals surface area contributed by atoms with Crippen LogP contribution < -0.4 is 9.47 Å². The van der Waals surface area contributed by atoms with Crippen LogP contribution in [0.1, 0.15) is 40.9 Å².